The summed E-state index contributed by atoms with van der Waals surface area (Å²) in [5.41, 5.74) is 0.0465. The van der Waals surface area contributed by atoms with E-state index in [1.165, 1.54) is 34.0 Å². The number of nitrogens with one attached hydrogen (secondary N) is 1. The maximum atomic E-state index is 12.5. The van der Waals surface area contributed by atoms with E-state index in [0.717, 1.165) is 18.2 Å². The summed E-state index contributed by atoms with van der Waals surface area (Å²) in [6.45, 7) is 0.435. The summed E-state index contributed by atoms with van der Waals surface area (Å²) in [6.07, 6.45) is -0.751. The van der Waals surface area contributed by atoms with E-state index in [4.69, 9.17) is 5.11 Å². The second-order valence-electron chi connectivity index (χ2n) is 6.52. The minimum atomic E-state index is -4.43. The zero-order valence-electron chi connectivity index (χ0n) is 15.5. The van der Waals surface area contributed by atoms with E-state index in [1.807, 2.05) is 0 Å². The van der Waals surface area contributed by atoms with E-state index >= 15 is 0 Å². The van der Waals surface area contributed by atoms with Gasteiger partial charge in [-0.05, 0) is 23.8 Å². The molecular weight excluding hydrogens is 405 g/mol. The molecule has 2 aromatic rings. The van der Waals surface area contributed by atoms with Crippen LogP contribution in [0.15, 0.2) is 36.5 Å². The minimum Gasteiger partial charge on any atom is -0.478 e. The number of carboxylic acid groups (broad SMARTS) is 1. The number of carbonyl (C=O) groups is 3. The Morgan fingerprint density at radius 1 is 1.17 bits per heavy atom. The first-order valence-electron chi connectivity index (χ1n) is 8.84. The number of carbonyl (C=O) groups excluding carboxylic acids is 2. The normalized spacial score (nSPS) is 13.9. The van der Waals surface area contributed by atoms with Gasteiger partial charge in [-0.2, -0.15) is 18.3 Å². The summed E-state index contributed by atoms with van der Waals surface area (Å²) in [7, 11) is 0. The van der Waals surface area contributed by atoms with E-state index in [-0.39, 0.29) is 18.7 Å². The molecular formula is C19H17F3N4O4. The molecule has 0 aliphatic carbocycles. The van der Waals surface area contributed by atoms with E-state index < -0.39 is 29.5 Å². The number of benzene rings is 1. The lowest BCUT2D eigenvalue weighted by Gasteiger charge is -2.28. The van der Waals surface area contributed by atoms with Crippen LogP contribution in [0.25, 0.3) is 6.08 Å². The third-order valence-electron chi connectivity index (χ3n) is 4.53. The maximum Gasteiger partial charge on any atom is 0.416 e. The Morgan fingerprint density at radius 3 is 2.50 bits per heavy atom. The van der Waals surface area contributed by atoms with Crippen molar-refractivity contribution in [3.8, 4) is 0 Å². The molecule has 30 heavy (non-hydrogen) atoms. The van der Waals surface area contributed by atoms with E-state index in [2.05, 4.69) is 10.4 Å². The van der Waals surface area contributed by atoms with Gasteiger partial charge in [-0.15, -0.1) is 0 Å². The van der Waals surface area contributed by atoms with Gasteiger partial charge >= 0.3 is 12.1 Å². The van der Waals surface area contributed by atoms with Crippen LogP contribution in [-0.2, 0) is 28.9 Å². The number of rotatable bonds is 5. The highest BCUT2D eigenvalue weighted by atomic mass is 19.4. The van der Waals surface area contributed by atoms with Gasteiger partial charge in [0.1, 0.15) is 5.56 Å². The summed E-state index contributed by atoms with van der Waals surface area (Å²) in [4.78, 5) is 36.8. The first-order valence-corrected chi connectivity index (χ1v) is 8.84. The van der Waals surface area contributed by atoms with E-state index in [9.17, 15) is 27.6 Å². The average Bonchev–Trinajstić information content (AvgIpc) is 3.13. The maximum absolute atomic E-state index is 12.5. The van der Waals surface area contributed by atoms with Crippen molar-refractivity contribution in [2.75, 3.05) is 13.1 Å². The molecule has 3 rings (SSSR count). The molecule has 8 nitrogen and oxygen atoms in total. The smallest absolute Gasteiger partial charge is 0.416 e. The van der Waals surface area contributed by atoms with Crippen molar-refractivity contribution in [1.82, 2.24) is 20.0 Å². The monoisotopic (exact) mass is 422 g/mol. The van der Waals surface area contributed by atoms with Gasteiger partial charge in [-0.3, -0.25) is 14.3 Å². The van der Waals surface area contributed by atoms with Gasteiger partial charge in [0.25, 0.3) is 0 Å². The second kappa shape index (κ2) is 8.39. The van der Waals surface area contributed by atoms with Gasteiger partial charge in [-0.1, -0.05) is 12.1 Å². The molecule has 0 saturated carbocycles. The quantitative estimate of drug-likeness (QED) is 0.715. The molecule has 11 heteroatoms. The number of nitrogens with zero attached hydrogens (tertiary/aromatic N) is 3. The number of hydrogen-bond acceptors (Lipinski definition) is 4. The largest absolute Gasteiger partial charge is 0.478 e. The Balaban J connectivity index is 1.52. The standard InChI is InChI=1S/C19H17F3N4O4/c20-19(21,22)13-4-1-12(2-5-13)3-6-16(27)23-10-17(28)25-7-8-26-15(11-25)14(9-24-26)18(29)30/h1-6,9H,7-8,10-11H2,(H,23,27)(H,29,30)/b6-3+. The predicted molar refractivity (Wildman–Crippen MR) is 98.1 cm³/mol. The predicted octanol–water partition coefficient (Wildman–Crippen LogP) is 1.77. The van der Waals surface area contributed by atoms with Crippen LogP contribution < -0.4 is 5.32 Å². The van der Waals surface area contributed by atoms with Crippen LogP contribution in [-0.4, -0.2) is 50.7 Å². The first-order chi connectivity index (χ1) is 14.1. The highest BCUT2D eigenvalue weighted by Gasteiger charge is 2.30. The van der Waals surface area contributed by atoms with Gasteiger partial charge < -0.3 is 15.3 Å². The Hall–Kier alpha value is -3.63. The molecule has 0 radical (unpaired) electrons. The number of halogens is 3. The molecule has 0 saturated heterocycles. The average molecular weight is 422 g/mol. The zero-order valence-corrected chi connectivity index (χ0v) is 15.5. The number of carboxylic acids is 1. The highest BCUT2D eigenvalue weighted by molar-refractivity contribution is 5.94. The van der Waals surface area contributed by atoms with E-state index in [1.54, 1.807) is 0 Å². The summed E-state index contributed by atoms with van der Waals surface area (Å²) in [5, 5.41) is 15.5. The van der Waals surface area contributed by atoms with Crippen molar-refractivity contribution in [3.05, 3.63) is 58.9 Å². The summed E-state index contributed by atoms with van der Waals surface area (Å²) in [6, 6.07) is 4.28. The van der Waals surface area contributed by atoms with Crippen molar-refractivity contribution in [1.29, 1.82) is 0 Å². The second-order valence-corrected chi connectivity index (χ2v) is 6.52. The Labute approximate surface area is 168 Å². The molecule has 1 aliphatic heterocycles. The minimum absolute atomic E-state index is 0.0241. The van der Waals surface area contributed by atoms with Crippen LogP contribution in [0.2, 0.25) is 0 Å². The molecule has 0 unspecified atom stereocenters. The highest BCUT2D eigenvalue weighted by Crippen LogP contribution is 2.29. The van der Waals surface area contributed by atoms with Crippen LogP contribution in [0.3, 0.4) is 0 Å². The molecule has 158 valence electrons. The number of hydrogen-bond donors (Lipinski definition) is 2. The van der Waals surface area contributed by atoms with Crippen molar-refractivity contribution >= 4 is 23.9 Å². The van der Waals surface area contributed by atoms with Crippen molar-refractivity contribution in [2.45, 2.75) is 19.3 Å². The third kappa shape index (κ3) is 4.85. The van der Waals surface area contributed by atoms with Gasteiger partial charge in [0, 0.05) is 12.6 Å². The Bertz CT molecular complexity index is 996. The number of aromatic nitrogens is 2. The lowest BCUT2D eigenvalue weighted by molar-refractivity contribution is -0.137. The van der Waals surface area contributed by atoms with E-state index in [0.29, 0.717) is 24.3 Å². The molecule has 0 spiro atoms. The fraction of sp³-hybridized carbons (Fsp3) is 0.263. The summed E-state index contributed by atoms with van der Waals surface area (Å²) in [5.74, 6) is -2.11. The molecule has 2 heterocycles. The lowest BCUT2D eigenvalue weighted by atomic mass is 10.1. The molecule has 1 aliphatic rings. The Morgan fingerprint density at radius 2 is 1.87 bits per heavy atom. The molecule has 0 bridgehead atoms. The molecule has 1 aromatic carbocycles. The van der Waals surface area contributed by atoms with Crippen molar-refractivity contribution in [3.63, 3.8) is 0 Å². The lowest BCUT2D eigenvalue weighted by Crippen LogP contribution is -2.44. The number of amides is 2. The fourth-order valence-corrected chi connectivity index (χ4v) is 2.93. The van der Waals surface area contributed by atoms with Gasteiger partial charge in [-0.25, -0.2) is 4.79 Å². The van der Waals surface area contributed by atoms with Crippen LogP contribution in [0.4, 0.5) is 13.2 Å². The fourth-order valence-electron chi connectivity index (χ4n) is 2.93. The van der Waals surface area contributed by atoms with Crippen molar-refractivity contribution < 1.29 is 32.7 Å². The molecule has 2 N–H and O–H groups in total. The zero-order chi connectivity index (χ0) is 21.9. The molecule has 1 aromatic heterocycles. The molecule has 2 amide bonds. The summed E-state index contributed by atoms with van der Waals surface area (Å²) >= 11 is 0. The van der Waals surface area contributed by atoms with Crippen LogP contribution in [0.5, 0.6) is 0 Å². The van der Waals surface area contributed by atoms with Crippen LogP contribution >= 0.6 is 0 Å². The third-order valence-corrected chi connectivity index (χ3v) is 4.53. The van der Waals surface area contributed by atoms with Gasteiger partial charge in [0.15, 0.2) is 0 Å². The van der Waals surface area contributed by atoms with Crippen LogP contribution in [0, 0.1) is 0 Å². The molecule has 0 fully saturated rings. The first kappa shape index (κ1) is 21.1. The van der Waals surface area contributed by atoms with Crippen LogP contribution in [0.1, 0.15) is 27.2 Å². The topological polar surface area (TPSA) is 105 Å². The summed E-state index contributed by atoms with van der Waals surface area (Å²) < 4.78 is 39.1. The SMILES string of the molecule is O=C(/C=C/c1ccc(C(F)(F)F)cc1)NCC(=O)N1CCn2ncc(C(=O)O)c2C1. The number of fused-ring (bicyclic) bond motifs is 1. The van der Waals surface area contributed by atoms with Gasteiger partial charge in [0.2, 0.25) is 11.8 Å². The van der Waals surface area contributed by atoms with Gasteiger partial charge in [0.05, 0.1) is 37.1 Å². The molecule has 0 atom stereocenters. The number of alkyl halides is 3. The Kier molecular flexibility index (Phi) is 5.90. The van der Waals surface area contributed by atoms with Crippen molar-refractivity contribution in [2.24, 2.45) is 0 Å². The number of aromatic carboxylic acids is 1.